The molecule has 0 saturated heterocycles. The fraction of sp³-hybridized carbons (Fsp3) is 0. The maximum atomic E-state index is 5.38. The van der Waals surface area contributed by atoms with Gasteiger partial charge in [-0.05, 0) is 0 Å². The number of hydrogen-bond donors (Lipinski definition) is 2. The number of nitrogens with zero attached hydrogens (tertiary/aromatic N) is 2. The molecule has 0 atom stereocenters. The Balaban J connectivity index is 2.92. The molecule has 2 aromatic rings. The molecule has 0 spiro atoms. The summed E-state index contributed by atoms with van der Waals surface area (Å²) in [6.07, 6.45) is 3.62. The molecule has 4 nitrogen and oxygen atoms in total. The van der Waals surface area contributed by atoms with Crippen LogP contribution in [-0.2, 0) is 0 Å². The van der Waals surface area contributed by atoms with Gasteiger partial charge < -0.3 is 10.7 Å². The van der Waals surface area contributed by atoms with Crippen molar-refractivity contribution in [3.8, 4) is 0 Å². The van der Waals surface area contributed by atoms with E-state index in [2.05, 4.69) is 10.1 Å². The predicted octanol–water partition coefficient (Wildman–Crippen LogP) is 0.245. The van der Waals surface area contributed by atoms with Crippen molar-refractivity contribution >= 4 is 11.5 Å². The van der Waals surface area contributed by atoms with Crippen LogP contribution in [0.4, 0.5) is 5.82 Å². The van der Waals surface area contributed by atoms with Gasteiger partial charge in [0.05, 0.1) is 0 Å². The van der Waals surface area contributed by atoms with E-state index in [1.807, 2.05) is 12.4 Å². The van der Waals surface area contributed by atoms with E-state index in [9.17, 15) is 0 Å². The van der Waals surface area contributed by atoms with Crippen LogP contribution in [0.5, 0.6) is 0 Å². The molecule has 2 rings (SSSR count). The van der Waals surface area contributed by atoms with Crippen molar-refractivity contribution in [2.45, 2.75) is 0 Å². The fourth-order valence-corrected chi connectivity index (χ4v) is 0.828. The van der Waals surface area contributed by atoms with Crippen LogP contribution < -0.4 is 5.73 Å². The first-order valence-electron chi connectivity index (χ1n) is 2.64. The minimum Gasteiger partial charge on any atom is -0.382 e. The molecule has 46 valence electrons. The van der Waals surface area contributed by atoms with E-state index in [1.54, 1.807) is 10.6 Å². The second kappa shape index (κ2) is 1.28. The van der Waals surface area contributed by atoms with E-state index >= 15 is 0 Å². The highest BCUT2D eigenvalue weighted by molar-refractivity contribution is 5.47. The lowest BCUT2D eigenvalue weighted by Gasteiger charge is -1.74. The molecule has 0 bridgehead atoms. The summed E-state index contributed by atoms with van der Waals surface area (Å²) in [6, 6.07) is 1.78. The average molecular weight is 122 g/mol. The molecular weight excluding hydrogens is 116 g/mol. The van der Waals surface area contributed by atoms with Crippen molar-refractivity contribution in [2.75, 3.05) is 5.73 Å². The van der Waals surface area contributed by atoms with Gasteiger partial charge in [0.25, 0.3) is 0 Å². The number of nitrogens with two attached hydrogens (primary N) is 1. The van der Waals surface area contributed by atoms with Crippen LogP contribution in [0.15, 0.2) is 18.5 Å². The molecule has 9 heavy (non-hydrogen) atoms. The fourth-order valence-electron chi connectivity index (χ4n) is 0.828. The summed E-state index contributed by atoms with van der Waals surface area (Å²) < 4.78 is 1.69. The second-order valence-electron chi connectivity index (χ2n) is 1.86. The first-order valence-corrected chi connectivity index (χ1v) is 2.64. The summed E-state index contributed by atoms with van der Waals surface area (Å²) in [4.78, 5) is 2.96. The van der Waals surface area contributed by atoms with Gasteiger partial charge in [0.2, 0.25) is 0 Å². The molecule has 0 radical (unpaired) electrons. The van der Waals surface area contributed by atoms with Gasteiger partial charge >= 0.3 is 0 Å². The number of nitrogen functional groups attached to an aromatic ring is 1. The number of hydrogen-bond acceptors (Lipinski definition) is 2. The topological polar surface area (TPSA) is 59.1 Å². The van der Waals surface area contributed by atoms with Crippen molar-refractivity contribution in [2.24, 2.45) is 0 Å². The minimum absolute atomic E-state index is 0.543. The van der Waals surface area contributed by atoms with Gasteiger partial charge in [-0.25, -0.2) is 4.52 Å². The summed E-state index contributed by atoms with van der Waals surface area (Å²) in [7, 11) is 0. The molecule has 4 heteroatoms. The van der Waals surface area contributed by atoms with Crippen molar-refractivity contribution in [3.05, 3.63) is 18.5 Å². The first kappa shape index (κ1) is 4.43. The maximum absolute atomic E-state index is 5.38. The minimum atomic E-state index is 0.543. The van der Waals surface area contributed by atoms with Crippen molar-refractivity contribution < 1.29 is 0 Å². The lowest BCUT2D eigenvalue weighted by atomic mass is 10.6. The Morgan fingerprint density at radius 1 is 1.67 bits per heavy atom. The molecule has 0 amide bonds. The third-order valence-electron chi connectivity index (χ3n) is 1.20. The molecule has 2 aromatic heterocycles. The van der Waals surface area contributed by atoms with Gasteiger partial charge in [0.1, 0.15) is 11.5 Å². The van der Waals surface area contributed by atoms with E-state index in [1.165, 1.54) is 0 Å². The van der Waals surface area contributed by atoms with Gasteiger partial charge in [0, 0.05) is 18.5 Å². The number of imidazole rings is 1. The van der Waals surface area contributed by atoms with Crippen molar-refractivity contribution in [1.82, 2.24) is 14.6 Å². The van der Waals surface area contributed by atoms with Gasteiger partial charge in [-0.15, -0.1) is 5.10 Å². The zero-order chi connectivity index (χ0) is 6.27. The Labute approximate surface area is 51.3 Å². The molecule has 0 aliphatic carbocycles. The molecular formula is C5H6N4. The van der Waals surface area contributed by atoms with Crippen molar-refractivity contribution in [1.29, 1.82) is 0 Å². The molecule has 0 aromatic carbocycles. The number of aromatic amines is 1. The first-order chi connectivity index (χ1) is 4.36. The highest BCUT2D eigenvalue weighted by atomic mass is 15.3. The van der Waals surface area contributed by atoms with Crippen LogP contribution in [0.2, 0.25) is 0 Å². The van der Waals surface area contributed by atoms with Crippen LogP contribution in [-0.4, -0.2) is 14.6 Å². The van der Waals surface area contributed by atoms with Crippen LogP contribution in [0.25, 0.3) is 5.65 Å². The smallest absolute Gasteiger partial charge is 0.148 e. The Morgan fingerprint density at radius 3 is 3.33 bits per heavy atom. The number of rotatable bonds is 0. The summed E-state index contributed by atoms with van der Waals surface area (Å²) >= 11 is 0. The van der Waals surface area contributed by atoms with Crippen LogP contribution in [0.3, 0.4) is 0 Å². The highest BCUT2D eigenvalue weighted by Gasteiger charge is 1.94. The molecule has 0 unspecified atom stereocenters. The largest absolute Gasteiger partial charge is 0.382 e. The van der Waals surface area contributed by atoms with E-state index in [-0.39, 0.29) is 0 Å². The lowest BCUT2D eigenvalue weighted by Crippen LogP contribution is -1.85. The van der Waals surface area contributed by atoms with Crippen LogP contribution >= 0.6 is 0 Å². The number of anilines is 1. The SMILES string of the molecule is Nc1cc2[nH]ccn2n1. The number of aromatic nitrogens is 3. The van der Waals surface area contributed by atoms with Crippen LogP contribution in [0, 0.1) is 0 Å². The second-order valence-corrected chi connectivity index (χ2v) is 1.86. The van der Waals surface area contributed by atoms with Crippen molar-refractivity contribution in [3.63, 3.8) is 0 Å². The molecule has 0 aliphatic rings. The van der Waals surface area contributed by atoms with Crippen LogP contribution in [0.1, 0.15) is 0 Å². The van der Waals surface area contributed by atoms with E-state index in [4.69, 9.17) is 5.73 Å². The quantitative estimate of drug-likeness (QED) is 0.526. The predicted molar refractivity (Wildman–Crippen MR) is 34.0 cm³/mol. The normalized spacial score (nSPS) is 10.7. The zero-order valence-electron chi connectivity index (χ0n) is 4.70. The summed E-state index contributed by atoms with van der Waals surface area (Å²) in [5.74, 6) is 0.543. The maximum Gasteiger partial charge on any atom is 0.148 e. The molecule has 0 aliphatic heterocycles. The molecule has 2 heterocycles. The standard InChI is InChI=1S/C5H6N4/c6-4-3-5-7-1-2-9(5)8-4/h1-3,7H,(H2,6,8). The number of H-pyrrole nitrogens is 1. The van der Waals surface area contributed by atoms with Gasteiger partial charge in [0.15, 0.2) is 0 Å². The molecule has 0 fully saturated rings. The van der Waals surface area contributed by atoms with Gasteiger partial charge in [-0.1, -0.05) is 0 Å². The Bertz CT molecular complexity index is 290. The van der Waals surface area contributed by atoms with E-state index < -0.39 is 0 Å². The summed E-state index contributed by atoms with van der Waals surface area (Å²) in [6.45, 7) is 0. The van der Waals surface area contributed by atoms with E-state index in [0.29, 0.717) is 5.82 Å². The Kier molecular flexibility index (Phi) is 0.631. The Hall–Kier alpha value is -1.45. The summed E-state index contributed by atoms with van der Waals surface area (Å²) in [5, 5.41) is 3.94. The van der Waals surface area contributed by atoms with E-state index in [0.717, 1.165) is 5.65 Å². The average Bonchev–Trinajstić information content (AvgIpc) is 2.22. The molecule has 0 saturated carbocycles. The third kappa shape index (κ3) is 0.495. The van der Waals surface area contributed by atoms with Gasteiger partial charge in [-0.3, -0.25) is 0 Å². The van der Waals surface area contributed by atoms with Gasteiger partial charge in [-0.2, -0.15) is 0 Å². The number of nitrogens with one attached hydrogen (secondary N) is 1. The molecule has 3 N–H and O–H groups in total. The third-order valence-corrected chi connectivity index (χ3v) is 1.20. The monoisotopic (exact) mass is 122 g/mol. The zero-order valence-corrected chi connectivity index (χ0v) is 4.70. The Morgan fingerprint density at radius 2 is 2.56 bits per heavy atom. The number of fused-ring (bicyclic) bond motifs is 1. The highest BCUT2D eigenvalue weighted by Crippen LogP contribution is 2.02. The summed E-state index contributed by atoms with van der Waals surface area (Å²) in [5.41, 5.74) is 6.31. The lowest BCUT2D eigenvalue weighted by molar-refractivity contribution is 0.980.